The minimum atomic E-state index is -0.580. The highest BCUT2D eigenvalue weighted by molar-refractivity contribution is 9.10. The molecule has 0 saturated heterocycles. The first kappa shape index (κ1) is 20.6. The van der Waals surface area contributed by atoms with Crippen molar-refractivity contribution in [3.63, 3.8) is 0 Å². The van der Waals surface area contributed by atoms with Gasteiger partial charge < -0.3 is 14.2 Å². The van der Waals surface area contributed by atoms with E-state index in [0.717, 1.165) is 15.6 Å². The summed E-state index contributed by atoms with van der Waals surface area (Å²) in [4.78, 5) is 23.1. The van der Waals surface area contributed by atoms with Crippen molar-refractivity contribution in [2.75, 3.05) is 13.2 Å². The average molecular weight is 455 g/mol. The maximum absolute atomic E-state index is 12.2. The second-order valence-electron chi connectivity index (χ2n) is 6.03. The lowest BCUT2D eigenvalue weighted by atomic mass is 10.1. The van der Waals surface area contributed by atoms with Crippen LogP contribution in [0.15, 0.2) is 71.2 Å². The normalized spacial score (nSPS) is 10.3. The van der Waals surface area contributed by atoms with E-state index >= 15 is 0 Å². The molecule has 0 spiro atoms. The predicted octanol–water partition coefficient (Wildman–Crippen LogP) is 5.31. The molecule has 6 heteroatoms. The van der Waals surface area contributed by atoms with E-state index in [9.17, 15) is 9.59 Å². The molecule has 0 amide bonds. The SMILES string of the molecule is CCOc1cc(C=O)ccc1OC(=O)COc1ccc(-c2ccccc2)cc1Br. The number of aldehydes is 1. The standard InChI is InChI=1S/C23H19BrO5/c1-2-27-22-12-16(14-25)8-10-21(22)29-23(26)15-28-20-11-9-18(13-19(20)24)17-6-4-3-5-7-17/h3-14H,2,15H2,1H3. The molecule has 0 fully saturated rings. The van der Waals surface area contributed by atoms with E-state index in [1.807, 2.05) is 42.5 Å². The van der Waals surface area contributed by atoms with Gasteiger partial charge in [0.2, 0.25) is 0 Å². The Morgan fingerprint density at radius 2 is 1.66 bits per heavy atom. The third-order valence-electron chi connectivity index (χ3n) is 4.01. The molecule has 3 aromatic carbocycles. The molecule has 29 heavy (non-hydrogen) atoms. The number of rotatable bonds is 8. The number of hydrogen-bond acceptors (Lipinski definition) is 5. The molecule has 0 unspecified atom stereocenters. The van der Waals surface area contributed by atoms with Crippen molar-refractivity contribution < 1.29 is 23.8 Å². The molecule has 0 aliphatic heterocycles. The van der Waals surface area contributed by atoms with Gasteiger partial charge in [-0.1, -0.05) is 36.4 Å². The molecule has 0 saturated carbocycles. The number of benzene rings is 3. The zero-order valence-electron chi connectivity index (χ0n) is 15.8. The lowest BCUT2D eigenvalue weighted by Crippen LogP contribution is -2.18. The van der Waals surface area contributed by atoms with Gasteiger partial charge in [-0.25, -0.2) is 4.79 Å². The van der Waals surface area contributed by atoms with Gasteiger partial charge in [-0.15, -0.1) is 0 Å². The molecule has 0 aliphatic carbocycles. The molecule has 0 bridgehead atoms. The van der Waals surface area contributed by atoms with Gasteiger partial charge in [-0.3, -0.25) is 4.79 Å². The van der Waals surface area contributed by atoms with Crippen molar-refractivity contribution in [3.05, 3.63) is 76.8 Å². The molecule has 0 aromatic heterocycles. The van der Waals surface area contributed by atoms with Crippen LogP contribution in [0.25, 0.3) is 11.1 Å². The number of ether oxygens (including phenoxy) is 3. The van der Waals surface area contributed by atoms with Crippen molar-refractivity contribution in [2.45, 2.75) is 6.92 Å². The van der Waals surface area contributed by atoms with Gasteiger partial charge in [0.25, 0.3) is 0 Å². The summed E-state index contributed by atoms with van der Waals surface area (Å²) in [5.41, 5.74) is 2.55. The maximum atomic E-state index is 12.2. The van der Waals surface area contributed by atoms with E-state index in [1.165, 1.54) is 12.1 Å². The minimum Gasteiger partial charge on any atom is -0.490 e. The van der Waals surface area contributed by atoms with Crippen LogP contribution < -0.4 is 14.2 Å². The van der Waals surface area contributed by atoms with Gasteiger partial charge in [0.1, 0.15) is 12.0 Å². The Balaban J connectivity index is 1.64. The van der Waals surface area contributed by atoms with Gasteiger partial charge in [-0.05, 0) is 64.3 Å². The Morgan fingerprint density at radius 3 is 2.34 bits per heavy atom. The second kappa shape index (κ2) is 9.89. The summed E-state index contributed by atoms with van der Waals surface area (Å²) in [6, 6.07) is 20.2. The van der Waals surface area contributed by atoms with Gasteiger partial charge in [0.05, 0.1) is 11.1 Å². The summed E-state index contributed by atoms with van der Waals surface area (Å²) in [5, 5.41) is 0. The van der Waals surface area contributed by atoms with Crippen LogP contribution in [0.5, 0.6) is 17.2 Å². The van der Waals surface area contributed by atoms with Gasteiger partial charge in [0, 0.05) is 5.56 Å². The summed E-state index contributed by atoms with van der Waals surface area (Å²) >= 11 is 3.48. The zero-order valence-corrected chi connectivity index (χ0v) is 17.3. The van der Waals surface area contributed by atoms with E-state index in [0.29, 0.717) is 30.0 Å². The fourth-order valence-corrected chi connectivity index (χ4v) is 3.16. The Hall–Kier alpha value is -3.12. The van der Waals surface area contributed by atoms with Crippen LogP contribution in [0.1, 0.15) is 17.3 Å². The van der Waals surface area contributed by atoms with Gasteiger partial charge >= 0.3 is 5.97 Å². The van der Waals surface area contributed by atoms with Crippen LogP contribution in [0.3, 0.4) is 0 Å². The number of hydrogen-bond donors (Lipinski definition) is 0. The van der Waals surface area contributed by atoms with Gasteiger partial charge in [0.15, 0.2) is 18.1 Å². The number of carbonyl (C=O) groups excluding carboxylic acids is 2. The van der Waals surface area contributed by atoms with Crippen LogP contribution in [-0.2, 0) is 4.79 Å². The van der Waals surface area contributed by atoms with Crippen LogP contribution in [0.2, 0.25) is 0 Å². The summed E-state index contributed by atoms with van der Waals surface area (Å²) in [5.74, 6) is 0.523. The third-order valence-corrected chi connectivity index (χ3v) is 4.63. The summed E-state index contributed by atoms with van der Waals surface area (Å²) in [6.45, 7) is 1.91. The first-order valence-electron chi connectivity index (χ1n) is 9.01. The van der Waals surface area contributed by atoms with E-state index < -0.39 is 5.97 Å². The van der Waals surface area contributed by atoms with Gasteiger partial charge in [-0.2, -0.15) is 0 Å². The lowest BCUT2D eigenvalue weighted by Gasteiger charge is -2.12. The zero-order chi connectivity index (χ0) is 20.6. The van der Waals surface area contributed by atoms with E-state index in [1.54, 1.807) is 19.1 Å². The summed E-state index contributed by atoms with van der Waals surface area (Å²) in [6.07, 6.45) is 0.702. The minimum absolute atomic E-state index is 0.240. The Bertz CT molecular complexity index is 1000. The van der Waals surface area contributed by atoms with E-state index in [-0.39, 0.29) is 12.4 Å². The number of carbonyl (C=O) groups is 2. The molecule has 3 aromatic rings. The predicted molar refractivity (Wildman–Crippen MR) is 114 cm³/mol. The molecule has 0 radical (unpaired) electrons. The topological polar surface area (TPSA) is 61.8 Å². The van der Waals surface area contributed by atoms with Crippen LogP contribution in [0.4, 0.5) is 0 Å². The first-order valence-corrected chi connectivity index (χ1v) is 9.80. The largest absolute Gasteiger partial charge is 0.490 e. The quantitative estimate of drug-likeness (QED) is 0.262. The monoisotopic (exact) mass is 454 g/mol. The van der Waals surface area contributed by atoms with Crippen LogP contribution >= 0.6 is 15.9 Å². The van der Waals surface area contributed by atoms with Crippen LogP contribution in [0, 0.1) is 0 Å². The highest BCUT2D eigenvalue weighted by atomic mass is 79.9. The van der Waals surface area contributed by atoms with Crippen molar-refractivity contribution in [3.8, 4) is 28.4 Å². The van der Waals surface area contributed by atoms with E-state index in [2.05, 4.69) is 15.9 Å². The van der Waals surface area contributed by atoms with Crippen molar-refractivity contribution in [1.29, 1.82) is 0 Å². The first-order chi connectivity index (χ1) is 14.1. The smallest absolute Gasteiger partial charge is 0.349 e. The molecular weight excluding hydrogens is 436 g/mol. The lowest BCUT2D eigenvalue weighted by molar-refractivity contribution is -0.136. The summed E-state index contributed by atoms with van der Waals surface area (Å²) in [7, 11) is 0. The third kappa shape index (κ3) is 5.45. The highest BCUT2D eigenvalue weighted by Crippen LogP contribution is 2.31. The number of halogens is 1. The number of esters is 1. The second-order valence-corrected chi connectivity index (χ2v) is 6.89. The molecule has 148 valence electrons. The molecule has 0 atom stereocenters. The average Bonchev–Trinajstić information content (AvgIpc) is 2.75. The highest BCUT2D eigenvalue weighted by Gasteiger charge is 2.13. The molecule has 5 nitrogen and oxygen atoms in total. The van der Waals surface area contributed by atoms with E-state index in [4.69, 9.17) is 14.2 Å². The molecule has 0 N–H and O–H groups in total. The maximum Gasteiger partial charge on any atom is 0.349 e. The Kier molecular flexibility index (Phi) is 7.03. The molecule has 3 rings (SSSR count). The Labute approximate surface area is 177 Å². The fourth-order valence-electron chi connectivity index (χ4n) is 2.67. The van der Waals surface area contributed by atoms with Crippen molar-refractivity contribution in [2.24, 2.45) is 0 Å². The fraction of sp³-hybridized carbons (Fsp3) is 0.130. The Morgan fingerprint density at radius 1 is 0.897 bits per heavy atom. The van der Waals surface area contributed by atoms with Crippen molar-refractivity contribution >= 4 is 28.2 Å². The molecule has 0 aliphatic rings. The molecular formula is C23H19BrO5. The van der Waals surface area contributed by atoms with Crippen molar-refractivity contribution in [1.82, 2.24) is 0 Å². The van der Waals surface area contributed by atoms with Crippen LogP contribution in [-0.4, -0.2) is 25.5 Å². The summed E-state index contributed by atoms with van der Waals surface area (Å²) < 4.78 is 17.1. The molecule has 0 heterocycles.